The van der Waals surface area contributed by atoms with Gasteiger partial charge in [-0.15, -0.1) is 0 Å². The zero-order valence-corrected chi connectivity index (χ0v) is 15.8. The summed E-state index contributed by atoms with van der Waals surface area (Å²) >= 11 is 0. The van der Waals surface area contributed by atoms with Gasteiger partial charge in [0.15, 0.2) is 0 Å². The quantitative estimate of drug-likeness (QED) is 0.489. The summed E-state index contributed by atoms with van der Waals surface area (Å²) in [5.74, 6) is -1.00. The van der Waals surface area contributed by atoms with E-state index in [1.165, 1.54) is 6.20 Å². The second-order valence-electron chi connectivity index (χ2n) is 6.84. The zero-order valence-electron chi connectivity index (χ0n) is 15.8. The molecule has 0 aliphatic carbocycles. The fraction of sp³-hybridized carbons (Fsp3) is 0.136. The van der Waals surface area contributed by atoms with E-state index in [9.17, 15) is 14.7 Å². The van der Waals surface area contributed by atoms with Crippen LogP contribution in [0.4, 0.5) is 0 Å². The normalized spacial score (nSPS) is 10.9. The largest absolute Gasteiger partial charge is 0.506 e. The van der Waals surface area contributed by atoms with Crippen LogP contribution in [0.5, 0.6) is 5.75 Å². The zero-order chi connectivity index (χ0) is 20.4. The molecule has 2 heterocycles. The Morgan fingerprint density at radius 2 is 1.86 bits per heavy atom. The van der Waals surface area contributed by atoms with Crippen LogP contribution in [0.15, 0.2) is 65.6 Å². The summed E-state index contributed by atoms with van der Waals surface area (Å²) in [5, 5.41) is 17.9. The van der Waals surface area contributed by atoms with Gasteiger partial charge in [-0.3, -0.25) is 9.59 Å². The number of pyridine rings is 1. The number of fused-ring (bicyclic) bond motifs is 1. The number of aromatic amines is 1. The van der Waals surface area contributed by atoms with Crippen LogP contribution in [-0.2, 0) is 13.1 Å². The van der Waals surface area contributed by atoms with Crippen molar-refractivity contribution in [2.45, 2.75) is 20.0 Å². The second-order valence-corrected chi connectivity index (χ2v) is 6.84. The number of nitrogens with zero attached hydrogens (tertiary/aromatic N) is 2. The molecule has 0 spiro atoms. The van der Waals surface area contributed by atoms with Crippen LogP contribution in [0, 0.1) is 6.92 Å². The average Bonchev–Trinajstić information content (AvgIpc) is 3.11. The molecule has 3 N–H and O–H groups in total. The van der Waals surface area contributed by atoms with Crippen molar-refractivity contribution in [1.82, 2.24) is 20.1 Å². The summed E-state index contributed by atoms with van der Waals surface area (Å²) in [6.45, 7) is 2.63. The highest BCUT2D eigenvalue weighted by atomic mass is 16.3. The van der Waals surface area contributed by atoms with Crippen molar-refractivity contribution in [2.75, 3.05) is 0 Å². The van der Waals surface area contributed by atoms with Gasteiger partial charge in [0.25, 0.3) is 11.5 Å². The number of nitrogens with one attached hydrogen (secondary N) is 2. The van der Waals surface area contributed by atoms with Crippen LogP contribution in [0.2, 0.25) is 0 Å². The van der Waals surface area contributed by atoms with Gasteiger partial charge in [-0.25, -0.2) is 4.68 Å². The molecule has 2 aromatic carbocycles. The molecule has 0 saturated heterocycles. The highest BCUT2D eigenvalue weighted by molar-refractivity contribution is 6.01. The molecule has 7 heteroatoms. The van der Waals surface area contributed by atoms with Gasteiger partial charge in [0.05, 0.1) is 18.1 Å². The maximum atomic E-state index is 12.6. The van der Waals surface area contributed by atoms with Gasteiger partial charge < -0.3 is 15.4 Å². The molecular formula is C22H20N4O3. The summed E-state index contributed by atoms with van der Waals surface area (Å²) in [6.07, 6.45) is 1.45. The lowest BCUT2D eigenvalue weighted by Crippen LogP contribution is -2.29. The van der Waals surface area contributed by atoms with E-state index in [1.54, 1.807) is 4.68 Å². The van der Waals surface area contributed by atoms with Crippen LogP contribution in [-0.4, -0.2) is 25.8 Å². The number of amides is 1. The SMILES string of the molecule is Cc1ccccc1CNC(=O)c1c(O)c2cnn(Cc3ccccc3)c2[nH]c1=O. The monoisotopic (exact) mass is 388 g/mol. The number of hydrogen-bond acceptors (Lipinski definition) is 4. The Hall–Kier alpha value is -3.87. The van der Waals surface area contributed by atoms with Gasteiger partial charge in [0, 0.05) is 6.54 Å². The van der Waals surface area contributed by atoms with Crippen molar-refractivity contribution in [3.05, 3.63) is 93.4 Å². The Balaban J connectivity index is 1.63. The average molecular weight is 388 g/mol. The van der Waals surface area contributed by atoms with E-state index in [0.717, 1.165) is 16.7 Å². The molecule has 0 unspecified atom stereocenters. The summed E-state index contributed by atoms with van der Waals surface area (Å²) in [7, 11) is 0. The van der Waals surface area contributed by atoms with Gasteiger partial charge in [-0.2, -0.15) is 5.10 Å². The molecule has 0 atom stereocenters. The first-order valence-corrected chi connectivity index (χ1v) is 9.22. The third kappa shape index (κ3) is 3.62. The highest BCUT2D eigenvalue weighted by Gasteiger charge is 2.21. The van der Waals surface area contributed by atoms with Crippen LogP contribution in [0.1, 0.15) is 27.0 Å². The minimum atomic E-state index is -0.660. The summed E-state index contributed by atoms with van der Waals surface area (Å²) in [6, 6.07) is 17.3. The van der Waals surface area contributed by atoms with Crippen LogP contribution in [0.25, 0.3) is 11.0 Å². The second kappa shape index (κ2) is 7.63. The molecule has 1 amide bonds. The van der Waals surface area contributed by atoms with Crippen molar-refractivity contribution >= 4 is 16.9 Å². The van der Waals surface area contributed by atoms with E-state index in [1.807, 2.05) is 61.5 Å². The van der Waals surface area contributed by atoms with E-state index in [4.69, 9.17) is 0 Å². The number of H-pyrrole nitrogens is 1. The topological polar surface area (TPSA) is 100 Å². The molecule has 4 aromatic rings. The molecule has 146 valence electrons. The lowest BCUT2D eigenvalue weighted by atomic mass is 10.1. The first-order chi connectivity index (χ1) is 14.0. The fourth-order valence-electron chi connectivity index (χ4n) is 3.26. The molecule has 0 fully saturated rings. The van der Waals surface area contributed by atoms with Crippen molar-refractivity contribution in [2.24, 2.45) is 0 Å². The van der Waals surface area contributed by atoms with Gasteiger partial charge >= 0.3 is 0 Å². The fourth-order valence-corrected chi connectivity index (χ4v) is 3.26. The van der Waals surface area contributed by atoms with E-state index in [0.29, 0.717) is 17.6 Å². The van der Waals surface area contributed by atoms with E-state index in [-0.39, 0.29) is 17.9 Å². The predicted molar refractivity (Wildman–Crippen MR) is 110 cm³/mol. The van der Waals surface area contributed by atoms with Crippen LogP contribution < -0.4 is 10.9 Å². The minimum absolute atomic E-state index is 0.260. The summed E-state index contributed by atoms with van der Waals surface area (Å²) in [4.78, 5) is 27.8. The Labute approximate surface area is 166 Å². The first kappa shape index (κ1) is 18.5. The number of carbonyl (C=O) groups is 1. The molecule has 29 heavy (non-hydrogen) atoms. The Morgan fingerprint density at radius 3 is 2.62 bits per heavy atom. The predicted octanol–water partition coefficient (Wildman–Crippen LogP) is 2.72. The molecule has 0 saturated carbocycles. The molecule has 4 rings (SSSR count). The maximum absolute atomic E-state index is 12.6. The van der Waals surface area contributed by atoms with E-state index < -0.39 is 11.5 Å². The molecule has 0 bridgehead atoms. The number of hydrogen-bond donors (Lipinski definition) is 3. The van der Waals surface area contributed by atoms with Crippen molar-refractivity contribution in [3.63, 3.8) is 0 Å². The summed E-state index contributed by atoms with van der Waals surface area (Å²) < 4.78 is 1.58. The Morgan fingerprint density at radius 1 is 1.14 bits per heavy atom. The van der Waals surface area contributed by atoms with Crippen molar-refractivity contribution < 1.29 is 9.90 Å². The molecule has 2 aromatic heterocycles. The van der Waals surface area contributed by atoms with Crippen molar-refractivity contribution in [3.8, 4) is 5.75 Å². The molecule has 0 aliphatic rings. The van der Waals surface area contributed by atoms with Crippen molar-refractivity contribution in [1.29, 1.82) is 0 Å². The number of carbonyl (C=O) groups excluding carboxylic acids is 1. The smallest absolute Gasteiger partial charge is 0.266 e. The lowest BCUT2D eigenvalue weighted by Gasteiger charge is -2.09. The van der Waals surface area contributed by atoms with Crippen LogP contribution in [0.3, 0.4) is 0 Å². The number of aromatic nitrogens is 3. The Kier molecular flexibility index (Phi) is 4.87. The molecular weight excluding hydrogens is 368 g/mol. The first-order valence-electron chi connectivity index (χ1n) is 9.22. The number of benzene rings is 2. The third-order valence-corrected chi connectivity index (χ3v) is 4.89. The van der Waals surface area contributed by atoms with Crippen LogP contribution >= 0.6 is 0 Å². The van der Waals surface area contributed by atoms with Gasteiger partial charge in [-0.1, -0.05) is 54.6 Å². The lowest BCUT2D eigenvalue weighted by molar-refractivity contribution is 0.0947. The number of aryl methyl sites for hydroxylation is 1. The van der Waals surface area contributed by atoms with Gasteiger partial charge in [-0.05, 0) is 23.6 Å². The number of aromatic hydroxyl groups is 1. The van der Waals surface area contributed by atoms with Gasteiger partial charge in [0.2, 0.25) is 0 Å². The minimum Gasteiger partial charge on any atom is -0.506 e. The third-order valence-electron chi connectivity index (χ3n) is 4.89. The maximum Gasteiger partial charge on any atom is 0.266 e. The van der Waals surface area contributed by atoms with E-state index >= 15 is 0 Å². The summed E-state index contributed by atoms with van der Waals surface area (Å²) in [5.41, 5.74) is 2.36. The molecule has 7 nitrogen and oxygen atoms in total. The highest BCUT2D eigenvalue weighted by Crippen LogP contribution is 2.25. The van der Waals surface area contributed by atoms with E-state index in [2.05, 4.69) is 15.4 Å². The standard InChI is InChI=1S/C22H20N4O3/c1-14-7-5-6-10-16(14)11-23-21(28)18-19(27)17-12-24-26(20(17)25-22(18)29)13-15-8-3-2-4-9-15/h2-10,12H,11,13H2,1H3,(H,23,28)(H2,25,27,29). The molecule has 0 aliphatic heterocycles. The van der Waals surface area contributed by atoms with Gasteiger partial charge in [0.1, 0.15) is 17.0 Å². The Bertz CT molecular complexity index is 1240. The number of rotatable bonds is 5. The molecule has 0 radical (unpaired) electrons.